The van der Waals surface area contributed by atoms with Crippen LogP contribution >= 0.6 is 0 Å². The second-order valence-electron chi connectivity index (χ2n) is 9.66. The molecule has 1 amide bonds. The van der Waals surface area contributed by atoms with Gasteiger partial charge in [0.2, 0.25) is 0 Å². The van der Waals surface area contributed by atoms with Gasteiger partial charge in [-0.05, 0) is 58.1 Å². The number of rotatable bonds is 18. The zero-order chi connectivity index (χ0) is 25.2. The van der Waals surface area contributed by atoms with Crippen LogP contribution in [0.4, 0.5) is 0 Å². The van der Waals surface area contributed by atoms with Crippen LogP contribution in [0.5, 0.6) is 0 Å². The van der Waals surface area contributed by atoms with Crippen molar-refractivity contribution >= 4 is 11.9 Å². The maximum Gasteiger partial charge on any atom is 0.336 e. The van der Waals surface area contributed by atoms with Gasteiger partial charge in [0.25, 0.3) is 5.91 Å². The van der Waals surface area contributed by atoms with Crippen LogP contribution < -0.4 is 5.32 Å². The lowest BCUT2D eigenvalue weighted by Gasteiger charge is -2.12. The molecule has 190 valence electrons. The first kappa shape index (κ1) is 29.7. The molecule has 4 nitrogen and oxygen atoms in total. The number of benzene rings is 1. The van der Waals surface area contributed by atoms with Crippen LogP contribution in [0.15, 0.2) is 41.5 Å². The molecule has 0 bridgehead atoms. The monoisotopic (exact) mass is 469 g/mol. The highest BCUT2D eigenvalue weighted by Gasteiger charge is 2.19. The van der Waals surface area contributed by atoms with Gasteiger partial charge in [0.15, 0.2) is 0 Å². The Bertz CT molecular complexity index is 803. The van der Waals surface area contributed by atoms with Gasteiger partial charge in [0.1, 0.15) is 0 Å². The van der Waals surface area contributed by atoms with E-state index in [4.69, 9.17) is 0 Å². The van der Waals surface area contributed by atoms with E-state index in [0.717, 1.165) is 31.2 Å². The average Bonchev–Trinajstić information content (AvgIpc) is 2.80. The summed E-state index contributed by atoms with van der Waals surface area (Å²) in [5, 5.41) is 12.6. The van der Waals surface area contributed by atoms with Crippen molar-refractivity contribution in [2.75, 3.05) is 6.54 Å². The maximum absolute atomic E-state index is 12.9. The molecule has 0 fully saturated rings. The topological polar surface area (TPSA) is 66.4 Å². The van der Waals surface area contributed by atoms with E-state index >= 15 is 0 Å². The third kappa shape index (κ3) is 12.8. The van der Waals surface area contributed by atoms with Gasteiger partial charge < -0.3 is 10.4 Å². The Kier molecular flexibility index (Phi) is 15.7. The number of nitrogens with one attached hydrogen (secondary N) is 1. The summed E-state index contributed by atoms with van der Waals surface area (Å²) in [6.07, 6.45) is 19.3. The molecule has 1 aromatic carbocycles. The van der Waals surface area contributed by atoms with Crippen LogP contribution in [0.2, 0.25) is 0 Å². The van der Waals surface area contributed by atoms with Gasteiger partial charge in [-0.1, -0.05) is 100 Å². The Morgan fingerprint density at radius 3 is 2.09 bits per heavy atom. The Hall–Kier alpha value is -2.36. The van der Waals surface area contributed by atoms with Crippen molar-refractivity contribution in [1.29, 1.82) is 0 Å². The molecule has 0 radical (unpaired) electrons. The summed E-state index contributed by atoms with van der Waals surface area (Å²) < 4.78 is 0. The van der Waals surface area contributed by atoms with Crippen LogP contribution in [-0.2, 0) is 6.42 Å². The van der Waals surface area contributed by atoms with E-state index in [1.807, 2.05) is 6.07 Å². The molecule has 4 heteroatoms. The molecule has 0 aliphatic rings. The Morgan fingerprint density at radius 1 is 0.882 bits per heavy atom. The third-order valence-corrected chi connectivity index (χ3v) is 6.19. The molecule has 1 aromatic rings. The molecular weight excluding hydrogens is 422 g/mol. The Labute approximate surface area is 207 Å². The molecule has 0 aromatic heterocycles. The molecule has 0 saturated carbocycles. The number of amides is 1. The summed E-state index contributed by atoms with van der Waals surface area (Å²) in [7, 11) is 0. The molecular formula is C30H47NO3. The summed E-state index contributed by atoms with van der Waals surface area (Å²) in [6.45, 7) is 9.10. The van der Waals surface area contributed by atoms with E-state index in [1.165, 1.54) is 68.6 Å². The summed E-state index contributed by atoms with van der Waals surface area (Å²) in [6, 6.07) is 5.11. The van der Waals surface area contributed by atoms with Crippen LogP contribution in [0, 0.1) is 0 Å². The number of allylic oxidation sites excluding steroid dienone is 4. The lowest BCUT2D eigenvalue weighted by atomic mass is 9.96. The van der Waals surface area contributed by atoms with Gasteiger partial charge in [0, 0.05) is 6.54 Å². The van der Waals surface area contributed by atoms with Crippen molar-refractivity contribution in [1.82, 2.24) is 5.32 Å². The van der Waals surface area contributed by atoms with Gasteiger partial charge >= 0.3 is 5.97 Å². The quantitative estimate of drug-likeness (QED) is 0.168. The minimum Gasteiger partial charge on any atom is -0.478 e. The smallest absolute Gasteiger partial charge is 0.336 e. The summed E-state index contributed by atoms with van der Waals surface area (Å²) >= 11 is 0. The van der Waals surface area contributed by atoms with E-state index < -0.39 is 5.97 Å². The molecule has 0 spiro atoms. The number of carbonyl (C=O) groups is 2. The number of aromatic carboxylic acids is 1. The highest BCUT2D eigenvalue weighted by molar-refractivity contribution is 6.05. The lowest BCUT2D eigenvalue weighted by molar-refractivity contribution is 0.0690. The molecule has 0 heterocycles. The van der Waals surface area contributed by atoms with E-state index in [1.54, 1.807) is 6.07 Å². The second-order valence-corrected chi connectivity index (χ2v) is 9.66. The molecule has 0 saturated heterocycles. The number of carboxylic acids is 1. The maximum atomic E-state index is 12.9. The number of carboxylic acid groups (broad SMARTS) is 1. The summed E-state index contributed by atoms with van der Waals surface area (Å²) in [5.74, 6) is -1.34. The molecule has 0 unspecified atom stereocenters. The fraction of sp³-hybridized carbons (Fsp3) is 0.600. The van der Waals surface area contributed by atoms with Gasteiger partial charge in [-0.25, -0.2) is 4.79 Å². The first-order chi connectivity index (χ1) is 16.4. The van der Waals surface area contributed by atoms with Crippen LogP contribution in [0.25, 0.3) is 0 Å². The van der Waals surface area contributed by atoms with Crippen molar-refractivity contribution < 1.29 is 14.7 Å². The average molecular weight is 470 g/mol. The highest BCUT2D eigenvalue weighted by Crippen LogP contribution is 2.18. The predicted molar refractivity (Wildman–Crippen MR) is 144 cm³/mol. The Balaban J connectivity index is 2.56. The number of unbranched alkanes of at least 4 members (excludes halogenated alkanes) is 9. The van der Waals surface area contributed by atoms with Crippen molar-refractivity contribution in [3.8, 4) is 0 Å². The minimum absolute atomic E-state index is 0.0775. The van der Waals surface area contributed by atoms with Gasteiger partial charge in [-0.3, -0.25) is 4.79 Å². The zero-order valence-corrected chi connectivity index (χ0v) is 22.0. The highest BCUT2D eigenvalue weighted by atomic mass is 16.4. The van der Waals surface area contributed by atoms with Crippen molar-refractivity contribution in [3.05, 3.63) is 58.2 Å². The summed E-state index contributed by atoms with van der Waals surface area (Å²) in [5.41, 5.74) is 3.70. The molecule has 1 rings (SSSR count). The van der Waals surface area contributed by atoms with E-state index in [0.29, 0.717) is 18.5 Å². The normalized spacial score (nSPS) is 11.4. The lowest BCUT2D eigenvalue weighted by Crippen LogP contribution is -2.27. The molecule has 0 aliphatic heterocycles. The zero-order valence-electron chi connectivity index (χ0n) is 22.0. The van der Waals surface area contributed by atoms with Crippen molar-refractivity contribution in [2.24, 2.45) is 0 Å². The number of hydrogen-bond donors (Lipinski definition) is 2. The van der Waals surface area contributed by atoms with E-state index in [-0.39, 0.29) is 11.5 Å². The molecule has 0 aliphatic carbocycles. The first-order valence-electron chi connectivity index (χ1n) is 13.3. The number of carbonyl (C=O) groups excluding carboxylic acids is 1. The van der Waals surface area contributed by atoms with Gasteiger partial charge in [-0.2, -0.15) is 0 Å². The van der Waals surface area contributed by atoms with Crippen molar-refractivity contribution in [3.63, 3.8) is 0 Å². The molecule has 0 atom stereocenters. The minimum atomic E-state index is -1.06. The van der Waals surface area contributed by atoms with Crippen molar-refractivity contribution in [2.45, 2.75) is 111 Å². The largest absolute Gasteiger partial charge is 0.478 e. The first-order valence-corrected chi connectivity index (χ1v) is 13.3. The van der Waals surface area contributed by atoms with Gasteiger partial charge in [0.05, 0.1) is 11.1 Å². The number of hydrogen-bond acceptors (Lipinski definition) is 2. The van der Waals surface area contributed by atoms with Crippen LogP contribution in [-0.4, -0.2) is 23.5 Å². The van der Waals surface area contributed by atoms with E-state index in [9.17, 15) is 14.7 Å². The summed E-state index contributed by atoms with van der Waals surface area (Å²) in [4.78, 5) is 24.7. The van der Waals surface area contributed by atoms with E-state index in [2.05, 4.69) is 45.2 Å². The molecule has 34 heavy (non-hydrogen) atoms. The standard InChI is InChI=1S/C30H47NO3/c1-5-6-7-8-9-10-11-12-13-14-23-31-29(32)28-26(19-16-20-27(28)30(33)34)22-21-25(4)18-15-17-24(2)3/h16-17,19-21H,5-15,18,22-23H2,1-4H3,(H,31,32)(H,33,34). The molecule has 2 N–H and O–H groups in total. The van der Waals surface area contributed by atoms with Crippen LogP contribution in [0.3, 0.4) is 0 Å². The Morgan fingerprint density at radius 2 is 1.50 bits per heavy atom. The van der Waals surface area contributed by atoms with Crippen LogP contribution in [0.1, 0.15) is 131 Å². The fourth-order valence-corrected chi connectivity index (χ4v) is 4.09. The third-order valence-electron chi connectivity index (χ3n) is 6.19. The predicted octanol–water partition coefficient (Wildman–Crippen LogP) is 8.27. The second kappa shape index (κ2) is 18.0. The fourth-order valence-electron chi connectivity index (χ4n) is 4.09. The van der Waals surface area contributed by atoms with Gasteiger partial charge in [-0.15, -0.1) is 0 Å². The SMILES string of the molecule is CCCCCCCCCCCCNC(=O)c1c(CC=C(C)CCC=C(C)C)cccc1C(=O)O.